The number of aryl methyl sites for hydroxylation is 1. The minimum absolute atomic E-state index is 0.0599. The molecular formula is C14H12ClFN2O. The van der Waals surface area contributed by atoms with Crippen LogP contribution in [-0.2, 0) is 0 Å². The lowest BCUT2D eigenvalue weighted by Crippen LogP contribution is -2.14. The second-order valence-corrected chi connectivity index (χ2v) is 4.52. The fourth-order valence-corrected chi connectivity index (χ4v) is 1.97. The molecule has 0 fully saturated rings. The molecule has 0 atom stereocenters. The number of carbonyl (C=O) groups excluding carboxylic acids is 1. The number of nitrogens with two attached hydrogens (primary N) is 1. The number of rotatable bonds is 2. The maximum absolute atomic E-state index is 12.9. The molecule has 0 saturated heterocycles. The van der Waals surface area contributed by atoms with E-state index in [-0.39, 0.29) is 10.6 Å². The Morgan fingerprint density at radius 2 is 2.05 bits per heavy atom. The number of nitrogen functional groups attached to an aromatic ring is 1. The van der Waals surface area contributed by atoms with E-state index in [0.29, 0.717) is 11.4 Å². The third-order valence-corrected chi connectivity index (χ3v) is 3.03. The van der Waals surface area contributed by atoms with E-state index in [9.17, 15) is 9.18 Å². The number of hydrogen-bond acceptors (Lipinski definition) is 2. The molecule has 0 aliphatic carbocycles. The summed E-state index contributed by atoms with van der Waals surface area (Å²) in [4.78, 5) is 12.1. The van der Waals surface area contributed by atoms with Crippen molar-refractivity contribution in [3.05, 3.63) is 58.4 Å². The van der Waals surface area contributed by atoms with Gasteiger partial charge in [0.15, 0.2) is 0 Å². The van der Waals surface area contributed by atoms with Crippen LogP contribution in [0.5, 0.6) is 0 Å². The summed E-state index contributed by atoms with van der Waals surface area (Å²) >= 11 is 5.84. The van der Waals surface area contributed by atoms with E-state index >= 15 is 0 Å². The largest absolute Gasteiger partial charge is 0.397 e. The summed E-state index contributed by atoms with van der Waals surface area (Å²) in [5.41, 5.74) is 7.84. The van der Waals surface area contributed by atoms with Gasteiger partial charge in [-0.3, -0.25) is 4.79 Å². The van der Waals surface area contributed by atoms with E-state index in [2.05, 4.69) is 5.32 Å². The molecule has 0 aliphatic heterocycles. The van der Waals surface area contributed by atoms with Gasteiger partial charge >= 0.3 is 0 Å². The lowest BCUT2D eigenvalue weighted by molar-refractivity contribution is 0.102. The molecule has 2 aromatic carbocycles. The van der Waals surface area contributed by atoms with Crippen LogP contribution in [0.3, 0.4) is 0 Å². The van der Waals surface area contributed by atoms with Crippen molar-refractivity contribution in [3.8, 4) is 0 Å². The molecule has 1 amide bonds. The van der Waals surface area contributed by atoms with Crippen molar-refractivity contribution in [1.29, 1.82) is 0 Å². The standard InChI is InChI=1S/C14H12ClFN2O/c1-8-3-2-4-12(17)13(8)18-14(19)10-6-5-9(16)7-11(10)15/h2-7H,17H2,1H3,(H,18,19). The summed E-state index contributed by atoms with van der Waals surface area (Å²) in [7, 11) is 0. The first-order valence-corrected chi connectivity index (χ1v) is 5.98. The molecule has 0 radical (unpaired) electrons. The maximum atomic E-state index is 12.9. The number of nitrogens with one attached hydrogen (secondary N) is 1. The molecule has 0 saturated carbocycles. The first-order chi connectivity index (χ1) is 8.99. The number of amides is 1. The predicted molar refractivity (Wildman–Crippen MR) is 75.0 cm³/mol. The Hall–Kier alpha value is -2.07. The van der Waals surface area contributed by atoms with Gasteiger partial charge in [-0.25, -0.2) is 4.39 Å². The third-order valence-electron chi connectivity index (χ3n) is 2.72. The number of carbonyl (C=O) groups is 1. The van der Waals surface area contributed by atoms with Crippen LogP contribution in [0.2, 0.25) is 5.02 Å². The summed E-state index contributed by atoms with van der Waals surface area (Å²) < 4.78 is 12.9. The van der Waals surface area contributed by atoms with E-state index in [0.717, 1.165) is 11.6 Å². The van der Waals surface area contributed by atoms with Crippen molar-refractivity contribution >= 4 is 28.9 Å². The van der Waals surface area contributed by atoms with E-state index in [4.69, 9.17) is 17.3 Å². The van der Waals surface area contributed by atoms with Crippen LogP contribution in [0.25, 0.3) is 0 Å². The van der Waals surface area contributed by atoms with Crippen LogP contribution in [0.1, 0.15) is 15.9 Å². The van der Waals surface area contributed by atoms with Crippen molar-refractivity contribution in [2.45, 2.75) is 6.92 Å². The van der Waals surface area contributed by atoms with Gasteiger partial charge in [0.05, 0.1) is 22.0 Å². The van der Waals surface area contributed by atoms with Crippen LogP contribution in [0, 0.1) is 12.7 Å². The summed E-state index contributed by atoms with van der Waals surface area (Å²) in [6.45, 7) is 1.83. The number of anilines is 2. The van der Waals surface area contributed by atoms with E-state index in [1.165, 1.54) is 12.1 Å². The zero-order valence-electron chi connectivity index (χ0n) is 10.2. The van der Waals surface area contributed by atoms with Crippen LogP contribution in [-0.4, -0.2) is 5.91 Å². The highest BCUT2D eigenvalue weighted by Crippen LogP contribution is 2.25. The Balaban J connectivity index is 2.31. The Morgan fingerprint density at radius 3 is 2.68 bits per heavy atom. The Kier molecular flexibility index (Phi) is 3.71. The van der Waals surface area contributed by atoms with Gasteiger partial charge in [0, 0.05) is 0 Å². The SMILES string of the molecule is Cc1cccc(N)c1NC(=O)c1ccc(F)cc1Cl. The first-order valence-electron chi connectivity index (χ1n) is 5.60. The molecule has 0 heterocycles. The van der Waals surface area contributed by atoms with Crippen molar-refractivity contribution in [1.82, 2.24) is 0 Å². The van der Waals surface area contributed by atoms with Crippen LogP contribution >= 0.6 is 11.6 Å². The highest BCUT2D eigenvalue weighted by atomic mass is 35.5. The molecule has 5 heteroatoms. The lowest BCUT2D eigenvalue weighted by Gasteiger charge is -2.11. The van der Waals surface area contributed by atoms with Crippen molar-refractivity contribution in [2.24, 2.45) is 0 Å². The molecule has 0 unspecified atom stereocenters. The number of halogens is 2. The minimum Gasteiger partial charge on any atom is -0.397 e. The van der Waals surface area contributed by atoms with E-state index in [1.807, 2.05) is 13.0 Å². The summed E-state index contributed by atoms with van der Waals surface area (Å²) in [6.07, 6.45) is 0. The van der Waals surface area contributed by atoms with E-state index in [1.54, 1.807) is 12.1 Å². The predicted octanol–water partition coefficient (Wildman–Crippen LogP) is 3.62. The molecule has 0 aromatic heterocycles. The molecule has 3 nitrogen and oxygen atoms in total. The summed E-state index contributed by atoms with van der Waals surface area (Å²) in [6, 6.07) is 8.93. The molecule has 98 valence electrons. The number of benzene rings is 2. The molecule has 0 bridgehead atoms. The highest BCUT2D eigenvalue weighted by molar-refractivity contribution is 6.34. The number of para-hydroxylation sites is 1. The quantitative estimate of drug-likeness (QED) is 0.824. The Labute approximate surface area is 115 Å². The lowest BCUT2D eigenvalue weighted by atomic mass is 10.1. The van der Waals surface area contributed by atoms with Gasteiger partial charge < -0.3 is 11.1 Å². The fraction of sp³-hybridized carbons (Fsp3) is 0.0714. The zero-order chi connectivity index (χ0) is 14.0. The molecule has 3 N–H and O–H groups in total. The van der Waals surface area contributed by atoms with Crippen LogP contribution in [0.4, 0.5) is 15.8 Å². The topological polar surface area (TPSA) is 55.1 Å². The van der Waals surface area contributed by atoms with Gasteiger partial charge in [-0.05, 0) is 36.8 Å². The van der Waals surface area contributed by atoms with Crippen LogP contribution < -0.4 is 11.1 Å². The van der Waals surface area contributed by atoms with E-state index < -0.39 is 11.7 Å². The molecule has 19 heavy (non-hydrogen) atoms. The minimum atomic E-state index is -0.489. The zero-order valence-corrected chi connectivity index (χ0v) is 11.0. The van der Waals surface area contributed by atoms with Gasteiger partial charge in [0.2, 0.25) is 0 Å². The second kappa shape index (κ2) is 5.28. The fourth-order valence-electron chi connectivity index (χ4n) is 1.72. The molecule has 0 spiro atoms. The Bertz CT molecular complexity index is 623. The molecule has 2 rings (SSSR count). The van der Waals surface area contributed by atoms with Gasteiger partial charge in [0.25, 0.3) is 5.91 Å². The van der Waals surface area contributed by atoms with Gasteiger partial charge in [-0.2, -0.15) is 0 Å². The highest BCUT2D eigenvalue weighted by Gasteiger charge is 2.13. The molecule has 0 aliphatic rings. The van der Waals surface area contributed by atoms with Crippen molar-refractivity contribution < 1.29 is 9.18 Å². The van der Waals surface area contributed by atoms with Crippen LogP contribution in [0.15, 0.2) is 36.4 Å². The average molecular weight is 279 g/mol. The smallest absolute Gasteiger partial charge is 0.257 e. The van der Waals surface area contributed by atoms with Gasteiger partial charge in [-0.15, -0.1) is 0 Å². The average Bonchev–Trinajstić information content (AvgIpc) is 2.33. The number of hydrogen-bond donors (Lipinski definition) is 2. The first kappa shape index (κ1) is 13.4. The van der Waals surface area contributed by atoms with Gasteiger partial charge in [-0.1, -0.05) is 23.7 Å². The Morgan fingerprint density at radius 1 is 1.32 bits per heavy atom. The molecular weight excluding hydrogens is 267 g/mol. The van der Waals surface area contributed by atoms with Gasteiger partial charge in [0.1, 0.15) is 5.82 Å². The summed E-state index contributed by atoms with van der Waals surface area (Å²) in [5.74, 6) is -0.914. The van der Waals surface area contributed by atoms with Crippen molar-refractivity contribution in [2.75, 3.05) is 11.1 Å². The second-order valence-electron chi connectivity index (χ2n) is 4.12. The third kappa shape index (κ3) is 2.85. The monoisotopic (exact) mass is 278 g/mol. The summed E-state index contributed by atoms with van der Waals surface area (Å²) in [5, 5.41) is 2.74. The van der Waals surface area contributed by atoms with Crippen molar-refractivity contribution in [3.63, 3.8) is 0 Å². The normalized spacial score (nSPS) is 10.3. The molecule has 2 aromatic rings. The maximum Gasteiger partial charge on any atom is 0.257 e.